The molecule has 0 radical (unpaired) electrons. The van der Waals surface area contributed by atoms with Crippen molar-refractivity contribution < 1.29 is 4.21 Å². The fourth-order valence-corrected chi connectivity index (χ4v) is 4.73. The molecule has 0 N–H and O–H groups in total. The van der Waals surface area contributed by atoms with E-state index in [0.29, 0.717) is 6.04 Å². The molecule has 2 aromatic heterocycles. The summed E-state index contributed by atoms with van der Waals surface area (Å²) in [6.07, 6.45) is 3.64. The smallest absolute Gasteiger partial charge is 0.141 e. The van der Waals surface area contributed by atoms with Crippen molar-refractivity contribution in [1.29, 1.82) is 0 Å². The molecular formula is C14H19N3OS2. The molecular weight excluding hydrogens is 290 g/mol. The number of thiophene rings is 1. The minimum absolute atomic E-state index is 0.379. The number of aryl methyl sites for hydroxylation is 1. The lowest BCUT2D eigenvalue weighted by Gasteiger charge is -2.28. The molecule has 2 unspecified atom stereocenters. The van der Waals surface area contributed by atoms with Gasteiger partial charge in [0.15, 0.2) is 0 Å². The van der Waals surface area contributed by atoms with E-state index >= 15 is 0 Å². The number of rotatable bonds is 2. The number of aromatic nitrogens is 2. The molecule has 2 aromatic rings. The first-order valence-electron chi connectivity index (χ1n) is 7.04. The standard InChI is InChI=1S/C14H19N3OS2/c1-3-11-8-12-13(15-9-16-14(12)19-11)17-5-7-20(18)6-4-10(17)2/h8-10H,3-7H2,1-2H3. The van der Waals surface area contributed by atoms with Crippen LogP contribution in [0.25, 0.3) is 10.2 Å². The molecule has 1 fully saturated rings. The van der Waals surface area contributed by atoms with Gasteiger partial charge in [-0.1, -0.05) is 6.92 Å². The quantitative estimate of drug-likeness (QED) is 0.855. The van der Waals surface area contributed by atoms with Crippen LogP contribution < -0.4 is 4.90 Å². The summed E-state index contributed by atoms with van der Waals surface area (Å²) in [6, 6.07) is 2.59. The Bertz CT molecular complexity index is 640. The van der Waals surface area contributed by atoms with Crippen molar-refractivity contribution in [2.75, 3.05) is 23.0 Å². The average molecular weight is 309 g/mol. The summed E-state index contributed by atoms with van der Waals surface area (Å²) in [7, 11) is -0.685. The maximum absolute atomic E-state index is 11.8. The Hall–Kier alpha value is -1.01. The lowest BCUT2D eigenvalue weighted by atomic mass is 10.2. The normalized spacial score (nSPS) is 24.0. The van der Waals surface area contributed by atoms with Crippen LogP contribution in [0.15, 0.2) is 12.4 Å². The van der Waals surface area contributed by atoms with Gasteiger partial charge in [0.05, 0.1) is 5.39 Å². The molecule has 3 rings (SSSR count). The summed E-state index contributed by atoms with van der Waals surface area (Å²) < 4.78 is 11.8. The van der Waals surface area contributed by atoms with Gasteiger partial charge in [-0.15, -0.1) is 11.3 Å². The molecule has 0 saturated carbocycles. The summed E-state index contributed by atoms with van der Waals surface area (Å²) in [5, 5.41) is 1.15. The zero-order valence-electron chi connectivity index (χ0n) is 11.8. The summed E-state index contributed by atoms with van der Waals surface area (Å²) in [6.45, 7) is 5.18. The number of hydrogen-bond donors (Lipinski definition) is 0. The Morgan fingerprint density at radius 1 is 1.45 bits per heavy atom. The lowest BCUT2D eigenvalue weighted by molar-refractivity contribution is 0.639. The zero-order valence-corrected chi connectivity index (χ0v) is 13.5. The lowest BCUT2D eigenvalue weighted by Crippen LogP contribution is -2.34. The third kappa shape index (κ3) is 2.59. The summed E-state index contributed by atoms with van der Waals surface area (Å²) in [4.78, 5) is 13.6. The van der Waals surface area contributed by atoms with Crippen molar-refractivity contribution in [2.24, 2.45) is 0 Å². The molecule has 108 valence electrons. The second-order valence-corrected chi connectivity index (χ2v) is 7.97. The molecule has 20 heavy (non-hydrogen) atoms. The van der Waals surface area contributed by atoms with E-state index in [-0.39, 0.29) is 0 Å². The highest BCUT2D eigenvalue weighted by Gasteiger charge is 2.23. The van der Waals surface area contributed by atoms with Crippen LogP contribution in [0.2, 0.25) is 0 Å². The molecule has 0 aromatic carbocycles. The molecule has 0 aliphatic carbocycles. The molecule has 2 atom stereocenters. The minimum Gasteiger partial charge on any atom is -0.352 e. The molecule has 4 nitrogen and oxygen atoms in total. The molecule has 1 saturated heterocycles. The number of hydrogen-bond acceptors (Lipinski definition) is 5. The SMILES string of the molecule is CCc1cc2c(N3CCS(=O)CCC3C)ncnc2s1. The van der Waals surface area contributed by atoms with Crippen LogP contribution in [0.1, 0.15) is 25.1 Å². The number of nitrogens with zero attached hydrogens (tertiary/aromatic N) is 3. The Morgan fingerprint density at radius 2 is 2.30 bits per heavy atom. The Morgan fingerprint density at radius 3 is 3.10 bits per heavy atom. The number of fused-ring (bicyclic) bond motifs is 1. The third-order valence-corrected chi connectivity index (χ3v) is 6.35. The van der Waals surface area contributed by atoms with Crippen molar-refractivity contribution in [3.63, 3.8) is 0 Å². The maximum Gasteiger partial charge on any atom is 0.141 e. The highest BCUT2D eigenvalue weighted by atomic mass is 32.2. The average Bonchev–Trinajstić information content (AvgIpc) is 2.81. The molecule has 0 spiro atoms. The highest BCUT2D eigenvalue weighted by molar-refractivity contribution is 7.85. The number of anilines is 1. The maximum atomic E-state index is 11.8. The van der Waals surface area contributed by atoms with Gasteiger partial charge in [-0.2, -0.15) is 0 Å². The van der Waals surface area contributed by atoms with Crippen LogP contribution in [-0.4, -0.2) is 38.3 Å². The predicted octanol–water partition coefficient (Wildman–Crippen LogP) is 2.60. The zero-order chi connectivity index (χ0) is 14.1. The molecule has 0 amide bonds. The van der Waals surface area contributed by atoms with E-state index in [0.717, 1.165) is 46.9 Å². The van der Waals surface area contributed by atoms with E-state index < -0.39 is 10.8 Å². The van der Waals surface area contributed by atoms with Crippen LogP contribution >= 0.6 is 11.3 Å². The molecule has 6 heteroatoms. The second-order valence-electron chi connectivity index (χ2n) is 5.16. The van der Waals surface area contributed by atoms with Gasteiger partial charge in [-0.3, -0.25) is 4.21 Å². The van der Waals surface area contributed by atoms with Crippen molar-refractivity contribution in [3.8, 4) is 0 Å². The third-order valence-electron chi connectivity index (χ3n) is 3.84. The first kappa shape index (κ1) is 13.9. The summed E-state index contributed by atoms with van der Waals surface area (Å²) in [5.41, 5.74) is 0. The van der Waals surface area contributed by atoms with Crippen molar-refractivity contribution >= 4 is 38.2 Å². The topological polar surface area (TPSA) is 46.1 Å². The van der Waals surface area contributed by atoms with Gasteiger partial charge in [0.2, 0.25) is 0 Å². The van der Waals surface area contributed by atoms with Gasteiger partial charge in [0, 0.05) is 39.8 Å². The van der Waals surface area contributed by atoms with Crippen molar-refractivity contribution in [1.82, 2.24) is 9.97 Å². The molecule has 1 aliphatic heterocycles. The monoisotopic (exact) mass is 309 g/mol. The van der Waals surface area contributed by atoms with Crippen LogP contribution in [0.4, 0.5) is 5.82 Å². The first-order chi connectivity index (χ1) is 9.69. The van der Waals surface area contributed by atoms with Crippen LogP contribution in [0, 0.1) is 0 Å². The van der Waals surface area contributed by atoms with E-state index in [2.05, 4.69) is 34.8 Å². The Labute approximate surface area is 125 Å². The second kappa shape index (κ2) is 5.77. The van der Waals surface area contributed by atoms with Crippen LogP contribution in [0.5, 0.6) is 0 Å². The van der Waals surface area contributed by atoms with Gasteiger partial charge >= 0.3 is 0 Å². The Kier molecular flexibility index (Phi) is 4.03. The van der Waals surface area contributed by atoms with E-state index in [1.165, 1.54) is 4.88 Å². The molecule has 0 bridgehead atoms. The first-order valence-corrected chi connectivity index (χ1v) is 9.34. The minimum atomic E-state index is -0.685. The van der Waals surface area contributed by atoms with E-state index in [4.69, 9.17) is 0 Å². The largest absolute Gasteiger partial charge is 0.352 e. The Balaban J connectivity index is 2.03. The van der Waals surface area contributed by atoms with E-state index in [1.807, 2.05) is 0 Å². The van der Waals surface area contributed by atoms with Crippen molar-refractivity contribution in [3.05, 3.63) is 17.3 Å². The van der Waals surface area contributed by atoms with E-state index in [9.17, 15) is 4.21 Å². The van der Waals surface area contributed by atoms with E-state index in [1.54, 1.807) is 17.7 Å². The fraction of sp³-hybridized carbons (Fsp3) is 0.571. The van der Waals surface area contributed by atoms with Crippen LogP contribution in [-0.2, 0) is 17.2 Å². The predicted molar refractivity (Wildman–Crippen MR) is 86.1 cm³/mol. The van der Waals surface area contributed by atoms with Gasteiger partial charge in [-0.25, -0.2) is 9.97 Å². The highest BCUT2D eigenvalue weighted by Crippen LogP contribution is 2.32. The summed E-state index contributed by atoms with van der Waals surface area (Å²) in [5.74, 6) is 2.55. The molecule has 1 aliphatic rings. The van der Waals surface area contributed by atoms with Gasteiger partial charge in [-0.05, 0) is 25.8 Å². The van der Waals surface area contributed by atoms with Gasteiger partial charge < -0.3 is 4.90 Å². The van der Waals surface area contributed by atoms with Gasteiger partial charge in [0.25, 0.3) is 0 Å². The summed E-state index contributed by atoms with van der Waals surface area (Å²) >= 11 is 1.74. The van der Waals surface area contributed by atoms with Crippen LogP contribution in [0.3, 0.4) is 0 Å². The molecule has 3 heterocycles. The fourth-order valence-electron chi connectivity index (χ4n) is 2.59. The van der Waals surface area contributed by atoms with Crippen molar-refractivity contribution in [2.45, 2.75) is 32.7 Å². The van der Waals surface area contributed by atoms with Gasteiger partial charge in [0.1, 0.15) is 17.0 Å².